The van der Waals surface area contributed by atoms with Crippen LogP contribution in [-0.4, -0.2) is 51.1 Å². The molecule has 6 nitrogen and oxygen atoms in total. The lowest BCUT2D eigenvalue weighted by Crippen LogP contribution is -2.50. The van der Waals surface area contributed by atoms with E-state index in [1.54, 1.807) is 18.2 Å². The third-order valence-corrected chi connectivity index (χ3v) is 5.31. The summed E-state index contributed by atoms with van der Waals surface area (Å²) in [5.74, 6) is -0.00634. The monoisotopic (exact) mass is 299 g/mol. The van der Waals surface area contributed by atoms with Crippen molar-refractivity contribution in [2.24, 2.45) is 0 Å². The lowest BCUT2D eigenvalue weighted by atomic mass is 10.3. The van der Waals surface area contributed by atoms with E-state index in [4.69, 9.17) is 0 Å². The quantitative estimate of drug-likeness (QED) is 0.787. The van der Waals surface area contributed by atoms with Crippen molar-refractivity contribution < 1.29 is 13.5 Å². The van der Waals surface area contributed by atoms with Gasteiger partial charge in [0.25, 0.3) is 0 Å². The van der Waals surface area contributed by atoms with Crippen molar-refractivity contribution in [2.45, 2.75) is 12.8 Å². The van der Waals surface area contributed by atoms with Gasteiger partial charge in [-0.25, -0.2) is 0 Å². The minimum atomic E-state index is -3.54. The van der Waals surface area contributed by atoms with Gasteiger partial charge in [-0.15, -0.1) is 0 Å². The summed E-state index contributed by atoms with van der Waals surface area (Å²) in [7, 11) is -1.70. The molecule has 1 aliphatic rings. The van der Waals surface area contributed by atoms with Crippen LogP contribution in [0.4, 0.5) is 5.69 Å². The molecule has 0 aliphatic carbocycles. The molecule has 1 saturated heterocycles. The lowest BCUT2D eigenvalue weighted by molar-refractivity contribution is 0.378. The van der Waals surface area contributed by atoms with Gasteiger partial charge >= 0.3 is 10.2 Å². The molecule has 112 valence electrons. The maximum Gasteiger partial charge on any atom is 0.304 e. The van der Waals surface area contributed by atoms with Crippen molar-refractivity contribution >= 4 is 15.9 Å². The molecule has 0 saturated carbocycles. The molecule has 0 bridgehead atoms. The normalized spacial score (nSPS) is 19.1. The van der Waals surface area contributed by atoms with Crippen LogP contribution in [0.1, 0.15) is 12.8 Å². The van der Waals surface area contributed by atoms with Crippen LogP contribution in [0.5, 0.6) is 5.75 Å². The summed E-state index contributed by atoms with van der Waals surface area (Å²) in [5.41, 5.74) is 0.353. The van der Waals surface area contributed by atoms with Gasteiger partial charge in [0.15, 0.2) is 0 Å². The minimum absolute atomic E-state index is 0.00634. The van der Waals surface area contributed by atoms with Gasteiger partial charge in [-0.05, 0) is 38.6 Å². The zero-order valence-corrected chi connectivity index (χ0v) is 12.4. The highest BCUT2D eigenvalue weighted by molar-refractivity contribution is 7.90. The molecule has 0 amide bonds. The third kappa shape index (κ3) is 3.05. The zero-order valence-electron chi connectivity index (χ0n) is 11.6. The number of aromatic hydroxyl groups is 1. The first kappa shape index (κ1) is 15.1. The standard InChI is InChI=1S/C13H21N3O3S/c1-14-8-4-9-15-10-5-11-16(20(15,18)19)12-6-2-3-7-13(12)17/h2-3,6-7,14,17H,4-5,8-11H2,1H3. The predicted octanol–water partition coefficient (Wildman–Crippen LogP) is 0.759. The van der Waals surface area contributed by atoms with E-state index in [0.29, 0.717) is 25.3 Å². The Morgan fingerprint density at radius 1 is 1.30 bits per heavy atom. The van der Waals surface area contributed by atoms with E-state index >= 15 is 0 Å². The fourth-order valence-electron chi connectivity index (χ4n) is 2.34. The molecule has 1 aromatic carbocycles. The van der Waals surface area contributed by atoms with E-state index in [1.807, 2.05) is 7.05 Å². The number of rotatable bonds is 5. The molecule has 0 radical (unpaired) electrons. The van der Waals surface area contributed by atoms with Crippen molar-refractivity contribution in [3.8, 4) is 5.75 Å². The van der Waals surface area contributed by atoms with E-state index in [1.165, 1.54) is 14.7 Å². The Labute approximate surface area is 120 Å². The van der Waals surface area contributed by atoms with Gasteiger partial charge in [0, 0.05) is 19.6 Å². The summed E-state index contributed by atoms with van der Waals surface area (Å²) in [6.07, 6.45) is 1.53. The second-order valence-electron chi connectivity index (χ2n) is 4.78. The van der Waals surface area contributed by atoms with Crippen LogP contribution in [0.3, 0.4) is 0 Å². The number of phenolic OH excluding ortho intramolecular Hbond substituents is 1. The average Bonchev–Trinajstić information content (AvgIpc) is 2.42. The minimum Gasteiger partial charge on any atom is -0.506 e. The number of hydrogen-bond acceptors (Lipinski definition) is 4. The van der Waals surface area contributed by atoms with Crippen molar-refractivity contribution in [1.29, 1.82) is 0 Å². The van der Waals surface area contributed by atoms with E-state index in [9.17, 15) is 13.5 Å². The average molecular weight is 299 g/mol. The van der Waals surface area contributed by atoms with Crippen molar-refractivity contribution in [2.75, 3.05) is 37.5 Å². The van der Waals surface area contributed by atoms with Gasteiger partial charge in [0.05, 0.1) is 5.69 Å². The van der Waals surface area contributed by atoms with Crippen LogP contribution in [-0.2, 0) is 10.2 Å². The van der Waals surface area contributed by atoms with Crippen molar-refractivity contribution in [3.05, 3.63) is 24.3 Å². The van der Waals surface area contributed by atoms with E-state index in [2.05, 4.69) is 5.32 Å². The van der Waals surface area contributed by atoms with Crippen LogP contribution in [0.15, 0.2) is 24.3 Å². The van der Waals surface area contributed by atoms with Gasteiger partial charge in [-0.2, -0.15) is 12.7 Å². The number of nitrogens with one attached hydrogen (secondary N) is 1. The Balaban J connectivity index is 2.20. The molecule has 1 aromatic rings. The smallest absolute Gasteiger partial charge is 0.304 e. The second-order valence-corrected chi connectivity index (χ2v) is 6.63. The third-order valence-electron chi connectivity index (χ3n) is 3.36. The highest BCUT2D eigenvalue weighted by atomic mass is 32.2. The summed E-state index contributed by atoms with van der Waals surface area (Å²) >= 11 is 0. The van der Waals surface area contributed by atoms with Crippen molar-refractivity contribution in [1.82, 2.24) is 9.62 Å². The molecule has 1 heterocycles. The molecular weight excluding hydrogens is 278 g/mol. The number of nitrogens with zero attached hydrogens (tertiary/aromatic N) is 2. The summed E-state index contributed by atoms with van der Waals surface area (Å²) in [5, 5.41) is 12.9. The molecule has 0 atom stereocenters. The maximum atomic E-state index is 12.6. The first-order valence-corrected chi connectivity index (χ1v) is 8.17. The number of phenols is 1. The topological polar surface area (TPSA) is 72.9 Å². The van der Waals surface area contributed by atoms with E-state index < -0.39 is 10.2 Å². The Bertz CT molecular complexity index is 548. The molecule has 0 aromatic heterocycles. The summed E-state index contributed by atoms with van der Waals surface area (Å²) in [6, 6.07) is 6.54. The Kier molecular flexibility index (Phi) is 4.85. The van der Waals surface area contributed by atoms with Gasteiger partial charge in [-0.3, -0.25) is 4.31 Å². The van der Waals surface area contributed by atoms with Crippen LogP contribution < -0.4 is 9.62 Å². The maximum absolute atomic E-state index is 12.6. The Morgan fingerprint density at radius 3 is 2.75 bits per heavy atom. The van der Waals surface area contributed by atoms with Crippen LogP contribution in [0.25, 0.3) is 0 Å². The van der Waals surface area contributed by atoms with E-state index in [0.717, 1.165) is 19.4 Å². The van der Waals surface area contributed by atoms with Crippen molar-refractivity contribution in [3.63, 3.8) is 0 Å². The molecule has 20 heavy (non-hydrogen) atoms. The zero-order chi connectivity index (χ0) is 14.6. The number of benzene rings is 1. The highest BCUT2D eigenvalue weighted by Gasteiger charge is 2.34. The summed E-state index contributed by atoms with van der Waals surface area (Å²) in [6.45, 7) is 2.22. The SMILES string of the molecule is CNCCCN1CCCN(c2ccccc2O)S1(=O)=O. The lowest BCUT2D eigenvalue weighted by Gasteiger charge is -2.36. The van der Waals surface area contributed by atoms with Gasteiger partial charge in [0.2, 0.25) is 0 Å². The fraction of sp³-hybridized carbons (Fsp3) is 0.538. The van der Waals surface area contributed by atoms with Gasteiger partial charge in [0.1, 0.15) is 5.75 Å². The first-order chi connectivity index (χ1) is 9.57. The highest BCUT2D eigenvalue weighted by Crippen LogP contribution is 2.31. The molecule has 2 N–H and O–H groups in total. The van der Waals surface area contributed by atoms with E-state index in [-0.39, 0.29) is 5.75 Å². The second kappa shape index (κ2) is 6.43. The van der Waals surface area contributed by atoms with Crippen LogP contribution >= 0.6 is 0 Å². The predicted molar refractivity (Wildman–Crippen MR) is 79.1 cm³/mol. The number of hydrogen-bond donors (Lipinski definition) is 2. The van der Waals surface area contributed by atoms with Crippen LogP contribution in [0.2, 0.25) is 0 Å². The van der Waals surface area contributed by atoms with Crippen LogP contribution in [0, 0.1) is 0 Å². The van der Waals surface area contributed by atoms with Gasteiger partial charge in [-0.1, -0.05) is 12.1 Å². The summed E-state index contributed by atoms with van der Waals surface area (Å²) < 4.78 is 27.9. The molecule has 7 heteroatoms. The largest absolute Gasteiger partial charge is 0.506 e. The number of para-hydroxylation sites is 2. The molecule has 1 fully saturated rings. The molecule has 1 aliphatic heterocycles. The first-order valence-electron chi connectivity index (χ1n) is 6.78. The molecular formula is C13H21N3O3S. The Hall–Kier alpha value is -1.31. The molecule has 0 unspecified atom stereocenters. The number of anilines is 1. The van der Waals surface area contributed by atoms with Gasteiger partial charge < -0.3 is 10.4 Å². The fourth-order valence-corrected chi connectivity index (χ4v) is 4.10. The molecule has 0 spiro atoms. The Morgan fingerprint density at radius 2 is 2.05 bits per heavy atom. The summed E-state index contributed by atoms with van der Waals surface area (Å²) in [4.78, 5) is 0. The molecule has 2 rings (SSSR count).